The van der Waals surface area contributed by atoms with Gasteiger partial charge in [-0.3, -0.25) is 9.59 Å². The number of rotatable bonds is 7. The summed E-state index contributed by atoms with van der Waals surface area (Å²) in [5.74, 6) is -0.734. The molecule has 0 saturated carbocycles. The number of benzene rings is 2. The van der Waals surface area contributed by atoms with Crippen molar-refractivity contribution in [2.45, 2.75) is 26.2 Å². The van der Waals surface area contributed by atoms with Crippen LogP contribution in [0.4, 0.5) is 5.69 Å². The molecule has 0 aliphatic rings. The molecule has 154 valence electrons. The average molecular weight is 398 g/mol. The number of carbonyl (C=O) groups excluding carboxylic acids is 3. The van der Waals surface area contributed by atoms with E-state index >= 15 is 0 Å². The number of para-hydroxylation sites is 1. The van der Waals surface area contributed by atoms with Crippen LogP contribution in [0.2, 0.25) is 0 Å². The number of amides is 2. The van der Waals surface area contributed by atoms with Gasteiger partial charge < -0.3 is 20.1 Å². The Hall–Kier alpha value is -3.35. The topological polar surface area (TPSA) is 93.7 Å². The molecule has 0 atom stereocenters. The number of anilines is 1. The van der Waals surface area contributed by atoms with Crippen LogP contribution >= 0.6 is 0 Å². The highest BCUT2D eigenvalue weighted by Crippen LogP contribution is 2.30. The highest BCUT2D eigenvalue weighted by Gasteiger charge is 2.19. The van der Waals surface area contributed by atoms with Crippen molar-refractivity contribution in [1.29, 1.82) is 0 Å². The van der Waals surface area contributed by atoms with E-state index in [1.807, 2.05) is 18.2 Å². The van der Waals surface area contributed by atoms with Gasteiger partial charge in [-0.05, 0) is 41.3 Å². The molecule has 0 aromatic heterocycles. The summed E-state index contributed by atoms with van der Waals surface area (Å²) >= 11 is 0. The summed E-state index contributed by atoms with van der Waals surface area (Å²) in [5, 5.41) is 5.11. The Labute approximate surface area is 170 Å². The molecule has 0 saturated heterocycles. The second-order valence-corrected chi connectivity index (χ2v) is 7.40. The summed E-state index contributed by atoms with van der Waals surface area (Å²) in [7, 11) is 1.54. The lowest BCUT2D eigenvalue weighted by Crippen LogP contribution is -2.24. The fraction of sp³-hybridized carbons (Fsp3) is 0.318. The molecule has 7 nitrogen and oxygen atoms in total. The van der Waals surface area contributed by atoms with E-state index < -0.39 is 18.5 Å². The van der Waals surface area contributed by atoms with Gasteiger partial charge in [-0.2, -0.15) is 0 Å². The molecule has 0 aliphatic carbocycles. The minimum Gasteiger partial charge on any atom is -0.482 e. The maximum atomic E-state index is 11.9. The van der Waals surface area contributed by atoms with Gasteiger partial charge in [0.05, 0.1) is 0 Å². The third kappa shape index (κ3) is 6.64. The standard InChI is InChI=1S/C22H26N2O5/c1-22(2,3)17-7-5-6-8-18(17)28-14-20(26)29-13-19(25)24-16-11-9-15(10-12-16)21(27)23-4/h5-12H,13-14H2,1-4H3,(H,23,27)(H,24,25). The predicted octanol–water partition coefficient (Wildman–Crippen LogP) is 2.90. The average Bonchev–Trinajstić information content (AvgIpc) is 2.70. The molecule has 2 aromatic rings. The van der Waals surface area contributed by atoms with Gasteiger partial charge in [0, 0.05) is 18.3 Å². The normalized spacial score (nSPS) is 10.8. The molecule has 0 unspecified atom stereocenters. The summed E-state index contributed by atoms with van der Waals surface area (Å²) in [6.07, 6.45) is 0. The quantitative estimate of drug-likeness (QED) is 0.700. The molecular formula is C22H26N2O5. The van der Waals surface area contributed by atoms with E-state index in [1.54, 1.807) is 30.3 Å². The third-order valence-electron chi connectivity index (χ3n) is 4.06. The molecule has 2 rings (SSSR count). The first-order valence-electron chi connectivity index (χ1n) is 9.20. The Balaban J connectivity index is 1.81. The van der Waals surface area contributed by atoms with Gasteiger partial charge >= 0.3 is 5.97 Å². The smallest absolute Gasteiger partial charge is 0.344 e. The van der Waals surface area contributed by atoms with E-state index in [0.29, 0.717) is 17.0 Å². The zero-order chi connectivity index (χ0) is 21.4. The largest absolute Gasteiger partial charge is 0.482 e. The Bertz CT molecular complexity index is 870. The third-order valence-corrected chi connectivity index (χ3v) is 4.06. The van der Waals surface area contributed by atoms with Gasteiger partial charge in [0.2, 0.25) is 0 Å². The van der Waals surface area contributed by atoms with Gasteiger partial charge in [0.25, 0.3) is 11.8 Å². The van der Waals surface area contributed by atoms with Crippen LogP contribution in [0, 0.1) is 0 Å². The van der Waals surface area contributed by atoms with Crippen molar-refractivity contribution in [3.8, 4) is 5.75 Å². The molecule has 0 bridgehead atoms. The van der Waals surface area contributed by atoms with Crippen molar-refractivity contribution in [2.24, 2.45) is 0 Å². The predicted molar refractivity (Wildman–Crippen MR) is 110 cm³/mol. The number of hydrogen-bond donors (Lipinski definition) is 2. The molecule has 0 aliphatic heterocycles. The molecule has 0 spiro atoms. The maximum absolute atomic E-state index is 11.9. The summed E-state index contributed by atoms with van der Waals surface area (Å²) in [5.41, 5.74) is 1.82. The molecule has 7 heteroatoms. The fourth-order valence-electron chi connectivity index (χ4n) is 2.58. The molecule has 29 heavy (non-hydrogen) atoms. The van der Waals surface area contributed by atoms with Crippen LogP contribution in [0.3, 0.4) is 0 Å². The molecule has 2 N–H and O–H groups in total. The van der Waals surface area contributed by atoms with E-state index in [4.69, 9.17) is 9.47 Å². The number of esters is 1. The first-order chi connectivity index (χ1) is 13.7. The second-order valence-electron chi connectivity index (χ2n) is 7.40. The van der Waals surface area contributed by atoms with Gasteiger partial charge in [-0.1, -0.05) is 39.0 Å². The van der Waals surface area contributed by atoms with Gasteiger partial charge in [0.15, 0.2) is 13.2 Å². The van der Waals surface area contributed by atoms with Crippen LogP contribution in [0.1, 0.15) is 36.7 Å². The van der Waals surface area contributed by atoms with E-state index in [-0.39, 0.29) is 17.9 Å². The van der Waals surface area contributed by atoms with Crippen molar-refractivity contribution in [2.75, 3.05) is 25.6 Å². The molecule has 0 radical (unpaired) electrons. The Morgan fingerprint density at radius 3 is 2.21 bits per heavy atom. The van der Waals surface area contributed by atoms with Crippen molar-refractivity contribution in [3.05, 3.63) is 59.7 Å². The van der Waals surface area contributed by atoms with Crippen LogP contribution in [-0.4, -0.2) is 38.0 Å². The fourth-order valence-corrected chi connectivity index (χ4v) is 2.58. The van der Waals surface area contributed by atoms with Crippen molar-refractivity contribution < 1.29 is 23.9 Å². The van der Waals surface area contributed by atoms with Crippen molar-refractivity contribution >= 4 is 23.5 Å². The minimum atomic E-state index is -0.640. The van der Waals surface area contributed by atoms with Crippen LogP contribution in [0.5, 0.6) is 5.75 Å². The number of hydrogen-bond acceptors (Lipinski definition) is 5. The summed E-state index contributed by atoms with van der Waals surface area (Å²) in [6.45, 7) is 5.44. The van der Waals surface area contributed by atoms with Crippen LogP contribution in [0.15, 0.2) is 48.5 Å². The first-order valence-corrected chi connectivity index (χ1v) is 9.20. The van der Waals surface area contributed by atoms with Gasteiger partial charge in [0.1, 0.15) is 5.75 Å². The molecule has 2 amide bonds. The number of nitrogens with one attached hydrogen (secondary N) is 2. The zero-order valence-corrected chi connectivity index (χ0v) is 17.1. The van der Waals surface area contributed by atoms with Crippen LogP contribution in [-0.2, 0) is 19.7 Å². The van der Waals surface area contributed by atoms with Crippen molar-refractivity contribution in [3.63, 3.8) is 0 Å². The monoisotopic (exact) mass is 398 g/mol. The highest BCUT2D eigenvalue weighted by molar-refractivity contribution is 5.96. The summed E-state index contributed by atoms with van der Waals surface area (Å²) in [6, 6.07) is 13.8. The lowest BCUT2D eigenvalue weighted by Gasteiger charge is -2.22. The first kappa shape index (κ1) is 21.9. The Kier molecular flexibility index (Phi) is 7.36. The molecule has 2 aromatic carbocycles. The van der Waals surface area contributed by atoms with Gasteiger partial charge in [-0.25, -0.2) is 4.79 Å². The lowest BCUT2D eigenvalue weighted by molar-refractivity contribution is -0.149. The second kappa shape index (κ2) is 9.73. The lowest BCUT2D eigenvalue weighted by atomic mass is 9.86. The minimum absolute atomic E-state index is 0.131. The Morgan fingerprint density at radius 2 is 1.59 bits per heavy atom. The van der Waals surface area contributed by atoms with Crippen LogP contribution < -0.4 is 15.4 Å². The Morgan fingerprint density at radius 1 is 0.931 bits per heavy atom. The van der Waals surface area contributed by atoms with Crippen LogP contribution in [0.25, 0.3) is 0 Å². The maximum Gasteiger partial charge on any atom is 0.344 e. The van der Waals surface area contributed by atoms with E-state index in [2.05, 4.69) is 31.4 Å². The number of carbonyl (C=O) groups is 3. The van der Waals surface area contributed by atoms with E-state index in [1.165, 1.54) is 7.05 Å². The summed E-state index contributed by atoms with van der Waals surface area (Å²) < 4.78 is 10.5. The molecular weight excluding hydrogens is 372 g/mol. The molecule has 0 fully saturated rings. The number of ether oxygens (including phenoxy) is 2. The van der Waals surface area contributed by atoms with E-state index in [0.717, 1.165) is 5.56 Å². The summed E-state index contributed by atoms with van der Waals surface area (Å²) in [4.78, 5) is 35.4. The van der Waals surface area contributed by atoms with Crippen molar-refractivity contribution in [1.82, 2.24) is 5.32 Å². The highest BCUT2D eigenvalue weighted by atomic mass is 16.6. The molecule has 0 heterocycles. The zero-order valence-electron chi connectivity index (χ0n) is 17.1. The van der Waals surface area contributed by atoms with Gasteiger partial charge in [-0.15, -0.1) is 0 Å². The SMILES string of the molecule is CNC(=O)c1ccc(NC(=O)COC(=O)COc2ccccc2C(C)(C)C)cc1. The van der Waals surface area contributed by atoms with E-state index in [9.17, 15) is 14.4 Å².